The average molecular weight is 414 g/mol. The van der Waals surface area contributed by atoms with Crippen LogP contribution in [0.3, 0.4) is 0 Å². The van der Waals surface area contributed by atoms with Crippen LogP contribution in [-0.2, 0) is 27.3 Å². The number of carbonyl (C=O) groups excluding carboxylic acids is 2. The lowest BCUT2D eigenvalue weighted by molar-refractivity contribution is -0.151. The Bertz CT molecular complexity index is 1010. The van der Waals surface area contributed by atoms with Gasteiger partial charge in [0.1, 0.15) is 6.04 Å². The average Bonchev–Trinajstić information content (AvgIpc) is 2.81. The number of hydrogen-bond donors (Lipinski definition) is 0. The molecule has 0 radical (unpaired) electrons. The van der Waals surface area contributed by atoms with Crippen LogP contribution in [0.25, 0.3) is 6.08 Å². The molecule has 0 spiro atoms. The maximum Gasteiger partial charge on any atom is 0.328 e. The molecule has 0 N–H and O–H groups in total. The lowest BCUT2D eigenvalue weighted by Gasteiger charge is -2.29. The summed E-state index contributed by atoms with van der Waals surface area (Å²) in [4.78, 5) is 27.6. The normalized spacial score (nSPS) is 11.8. The van der Waals surface area contributed by atoms with Crippen molar-refractivity contribution in [1.82, 2.24) is 4.90 Å². The second kappa shape index (κ2) is 10.9. The molecule has 0 unspecified atom stereocenters. The Hall–Kier alpha value is -3.66. The fourth-order valence-electron chi connectivity index (χ4n) is 3.36. The molecule has 1 atom stereocenters. The van der Waals surface area contributed by atoms with Gasteiger partial charge in [-0.1, -0.05) is 90.5 Å². The summed E-state index contributed by atoms with van der Waals surface area (Å²) >= 11 is 0. The molecule has 0 aromatic heterocycles. The molecule has 0 aliphatic heterocycles. The minimum absolute atomic E-state index is 0.240. The van der Waals surface area contributed by atoms with Gasteiger partial charge in [-0.2, -0.15) is 0 Å². The van der Waals surface area contributed by atoms with Crippen LogP contribution < -0.4 is 0 Å². The van der Waals surface area contributed by atoms with Gasteiger partial charge in [-0.25, -0.2) is 4.79 Å². The molecule has 0 saturated heterocycles. The number of aryl methyl sites for hydroxylation is 1. The third-order valence-corrected chi connectivity index (χ3v) is 5.10. The van der Waals surface area contributed by atoms with Crippen molar-refractivity contribution in [2.45, 2.75) is 25.9 Å². The van der Waals surface area contributed by atoms with E-state index in [2.05, 4.69) is 0 Å². The van der Waals surface area contributed by atoms with E-state index >= 15 is 0 Å². The van der Waals surface area contributed by atoms with Gasteiger partial charge in [0.25, 0.3) is 0 Å². The molecular weight excluding hydrogens is 386 g/mol. The zero-order chi connectivity index (χ0) is 22.1. The third kappa shape index (κ3) is 6.41. The van der Waals surface area contributed by atoms with Gasteiger partial charge in [0.15, 0.2) is 0 Å². The SMILES string of the molecule is COC(=O)[C@H](Cc1ccccc1)N(Cc1ccccc1)C(=O)C=Cc1ccc(C)cc1. The molecule has 4 heteroatoms. The van der Waals surface area contributed by atoms with Gasteiger partial charge in [0.2, 0.25) is 5.91 Å². The molecule has 1 amide bonds. The van der Waals surface area contributed by atoms with E-state index in [0.717, 1.165) is 22.3 Å². The molecule has 4 nitrogen and oxygen atoms in total. The van der Waals surface area contributed by atoms with E-state index < -0.39 is 12.0 Å². The van der Waals surface area contributed by atoms with Gasteiger partial charge in [0.05, 0.1) is 7.11 Å². The first-order valence-electron chi connectivity index (χ1n) is 10.3. The Labute approximate surface area is 183 Å². The molecule has 0 aliphatic carbocycles. The summed E-state index contributed by atoms with van der Waals surface area (Å²) in [5, 5.41) is 0. The summed E-state index contributed by atoms with van der Waals surface area (Å²) in [6.07, 6.45) is 3.68. The summed E-state index contributed by atoms with van der Waals surface area (Å²) < 4.78 is 5.07. The van der Waals surface area contributed by atoms with Gasteiger partial charge < -0.3 is 9.64 Å². The smallest absolute Gasteiger partial charge is 0.328 e. The molecular formula is C27H27NO3. The number of ether oxygens (including phenoxy) is 1. The molecule has 0 aliphatic rings. The molecule has 3 rings (SSSR count). The molecule has 158 valence electrons. The van der Waals surface area contributed by atoms with Crippen LogP contribution in [0.5, 0.6) is 0 Å². The number of esters is 1. The molecule has 31 heavy (non-hydrogen) atoms. The molecule has 0 saturated carbocycles. The van der Waals surface area contributed by atoms with Crippen molar-refractivity contribution in [1.29, 1.82) is 0 Å². The number of hydrogen-bond acceptors (Lipinski definition) is 3. The van der Waals surface area contributed by atoms with E-state index in [1.165, 1.54) is 13.2 Å². The van der Waals surface area contributed by atoms with Crippen LogP contribution in [0.4, 0.5) is 0 Å². The quantitative estimate of drug-likeness (QED) is 0.393. The van der Waals surface area contributed by atoms with E-state index in [9.17, 15) is 9.59 Å². The largest absolute Gasteiger partial charge is 0.467 e. The second-order valence-corrected chi connectivity index (χ2v) is 7.42. The van der Waals surface area contributed by atoms with Gasteiger partial charge in [0, 0.05) is 19.0 Å². The van der Waals surface area contributed by atoms with Crippen molar-refractivity contribution in [3.05, 3.63) is 113 Å². The van der Waals surface area contributed by atoms with E-state index in [0.29, 0.717) is 13.0 Å². The first-order chi connectivity index (χ1) is 15.1. The molecule has 3 aromatic carbocycles. The van der Waals surface area contributed by atoms with Gasteiger partial charge >= 0.3 is 5.97 Å². The highest BCUT2D eigenvalue weighted by Crippen LogP contribution is 2.16. The van der Waals surface area contributed by atoms with Crippen molar-refractivity contribution >= 4 is 18.0 Å². The highest BCUT2D eigenvalue weighted by atomic mass is 16.5. The standard InChI is InChI=1S/C27H27NO3/c1-21-13-15-22(16-14-21)17-18-26(29)28(20-24-11-7-4-8-12-24)25(27(30)31-2)19-23-9-5-3-6-10-23/h3-18,25H,19-20H2,1-2H3/t25-/m0/s1. The van der Waals surface area contributed by atoms with Crippen LogP contribution >= 0.6 is 0 Å². The molecule has 0 heterocycles. The van der Waals surface area contributed by atoms with E-state index in [4.69, 9.17) is 4.74 Å². The van der Waals surface area contributed by atoms with Crippen LogP contribution in [-0.4, -0.2) is 29.9 Å². The molecule has 0 bridgehead atoms. The second-order valence-electron chi connectivity index (χ2n) is 7.42. The Morgan fingerprint density at radius 2 is 1.45 bits per heavy atom. The van der Waals surface area contributed by atoms with E-state index in [1.807, 2.05) is 91.9 Å². The summed E-state index contributed by atoms with van der Waals surface area (Å²) in [5.74, 6) is -0.673. The Balaban J connectivity index is 1.91. The monoisotopic (exact) mass is 413 g/mol. The maximum atomic E-state index is 13.3. The highest BCUT2D eigenvalue weighted by molar-refractivity contribution is 5.94. The molecule has 0 fully saturated rings. The van der Waals surface area contributed by atoms with Crippen LogP contribution in [0, 0.1) is 6.92 Å². The Kier molecular flexibility index (Phi) is 7.77. The minimum atomic E-state index is -0.734. The van der Waals surface area contributed by atoms with E-state index in [1.54, 1.807) is 11.0 Å². The summed E-state index contributed by atoms with van der Waals surface area (Å²) in [6.45, 7) is 2.33. The number of benzene rings is 3. The first kappa shape index (κ1) is 22.0. The summed E-state index contributed by atoms with van der Waals surface area (Å²) in [6, 6.07) is 26.5. The third-order valence-electron chi connectivity index (χ3n) is 5.10. The first-order valence-corrected chi connectivity index (χ1v) is 10.3. The Morgan fingerprint density at radius 1 is 0.871 bits per heavy atom. The van der Waals surface area contributed by atoms with Crippen molar-refractivity contribution in [2.75, 3.05) is 7.11 Å². The van der Waals surface area contributed by atoms with Gasteiger partial charge in [-0.15, -0.1) is 0 Å². The van der Waals surface area contributed by atoms with Crippen molar-refractivity contribution in [3.63, 3.8) is 0 Å². The summed E-state index contributed by atoms with van der Waals surface area (Å²) in [5.41, 5.74) is 3.99. The van der Waals surface area contributed by atoms with Gasteiger partial charge in [-0.05, 0) is 29.7 Å². The van der Waals surface area contributed by atoms with E-state index in [-0.39, 0.29) is 5.91 Å². The zero-order valence-electron chi connectivity index (χ0n) is 17.9. The Morgan fingerprint density at radius 3 is 2.03 bits per heavy atom. The lowest BCUT2D eigenvalue weighted by atomic mass is 10.0. The fraction of sp³-hybridized carbons (Fsp3) is 0.185. The molecule has 3 aromatic rings. The topological polar surface area (TPSA) is 46.6 Å². The van der Waals surface area contributed by atoms with Crippen LogP contribution in [0.15, 0.2) is 91.0 Å². The minimum Gasteiger partial charge on any atom is -0.467 e. The number of rotatable bonds is 8. The fourth-order valence-corrected chi connectivity index (χ4v) is 3.36. The van der Waals surface area contributed by atoms with Crippen LogP contribution in [0.2, 0.25) is 0 Å². The van der Waals surface area contributed by atoms with Crippen molar-refractivity contribution in [2.24, 2.45) is 0 Å². The number of nitrogens with zero attached hydrogens (tertiary/aromatic N) is 1. The maximum absolute atomic E-state index is 13.3. The number of methoxy groups -OCH3 is 1. The number of amides is 1. The predicted molar refractivity (Wildman–Crippen MR) is 123 cm³/mol. The van der Waals surface area contributed by atoms with Crippen LogP contribution in [0.1, 0.15) is 22.3 Å². The van der Waals surface area contributed by atoms with Gasteiger partial charge in [-0.3, -0.25) is 4.79 Å². The highest BCUT2D eigenvalue weighted by Gasteiger charge is 2.30. The lowest BCUT2D eigenvalue weighted by Crippen LogP contribution is -2.46. The zero-order valence-corrected chi connectivity index (χ0v) is 17.9. The van der Waals surface area contributed by atoms with Crippen molar-refractivity contribution in [3.8, 4) is 0 Å². The van der Waals surface area contributed by atoms with Crippen molar-refractivity contribution < 1.29 is 14.3 Å². The predicted octanol–water partition coefficient (Wildman–Crippen LogP) is 4.82. The number of carbonyl (C=O) groups is 2. The summed E-state index contributed by atoms with van der Waals surface area (Å²) in [7, 11) is 1.35.